The normalized spacial score (nSPS) is 27.3. The van der Waals surface area contributed by atoms with E-state index < -0.39 is 5.91 Å². The van der Waals surface area contributed by atoms with Crippen molar-refractivity contribution >= 4 is 21.8 Å². The third-order valence-corrected chi connectivity index (χ3v) is 5.99. The number of benzene rings is 2. The summed E-state index contributed by atoms with van der Waals surface area (Å²) < 4.78 is 7.12. The summed E-state index contributed by atoms with van der Waals surface area (Å²) in [6.45, 7) is 2.10. The molecule has 26 heavy (non-hydrogen) atoms. The Kier molecular flexibility index (Phi) is 5.00. The van der Waals surface area contributed by atoms with E-state index in [0.717, 1.165) is 30.4 Å². The van der Waals surface area contributed by atoms with Crippen molar-refractivity contribution in [3.63, 3.8) is 0 Å². The van der Waals surface area contributed by atoms with Crippen LogP contribution in [0.4, 0.5) is 0 Å². The fourth-order valence-electron chi connectivity index (χ4n) is 4.36. The van der Waals surface area contributed by atoms with Gasteiger partial charge in [0.15, 0.2) is 6.23 Å². The first-order valence-electron chi connectivity index (χ1n) is 9.14. The van der Waals surface area contributed by atoms with Crippen LogP contribution in [0.2, 0.25) is 0 Å². The monoisotopic (exact) mass is 414 g/mol. The number of carbonyl (C=O) groups excluding carboxylic acids is 1. The lowest BCUT2D eigenvalue weighted by Crippen LogP contribution is -2.46. The summed E-state index contributed by atoms with van der Waals surface area (Å²) in [5, 5.41) is 0. The number of halogens is 1. The van der Waals surface area contributed by atoms with E-state index >= 15 is 0 Å². The second-order valence-electron chi connectivity index (χ2n) is 7.35. The van der Waals surface area contributed by atoms with Gasteiger partial charge in [-0.25, -0.2) is 0 Å². The second kappa shape index (κ2) is 7.41. The molecule has 0 spiro atoms. The molecule has 4 rings (SSSR count). The molecular weight excluding hydrogens is 392 g/mol. The Balaban J connectivity index is 1.47. The lowest BCUT2D eigenvalue weighted by Gasteiger charge is -2.38. The van der Waals surface area contributed by atoms with Crippen LogP contribution in [0.5, 0.6) is 5.75 Å². The average molecular weight is 415 g/mol. The fourth-order valence-corrected chi connectivity index (χ4v) is 4.72. The van der Waals surface area contributed by atoms with E-state index in [1.807, 2.05) is 12.1 Å². The van der Waals surface area contributed by atoms with E-state index in [2.05, 4.69) is 51.2 Å². The molecule has 0 aliphatic carbocycles. The fraction of sp³-hybridized carbons (Fsp3) is 0.381. The number of ether oxygens (including phenoxy) is 1. The molecule has 4 atom stereocenters. The van der Waals surface area contributed by atoms with Crippen LogP contribution in [0.15, 0.2) is 53.0 Å². The van der Waals surface area contributed by atoms with Gasteiger partial charge < -0.3 is 10.5 Å². The van der Waals surface area contributed by atoms with Crippen molar-refractivity contribution in [1.29, 1.82) is 0 Å². The maximum Gasteiger partial charge on any atom is 0.252 e. The van der Waals surface area contributed by atoms with Gasteiger partial charge in [-0.3, -0.25) is 9.69 Å². The third-order valence-electron chi connectivity index (χ3n) is 5.50. The molecule has 2 aromatic carbocycles. The molecule has 0 radical (unpaired) electrons. The van der Waals surface area contributed by atoms with Crippen molar-refractivity contribution in [2.75, 3.05) is 13.1 Å². The molecule has 2 bridgehead atoms. The number of primary amides is 1. The van der Waals surface area contributed by atoms with E-state index in [4.69, 9.17) is 10.5 Å². The van der Waals surface area contributed by atoms with Gasteiger partial charge in [-0.2, -0.15) is 0 Å². The summed E-state index contributed by atoms with van der Waals surface area (Å²) >= 11 is 3.39. The zero-order chi connectivity index (χ0) is 18.1. The molecule has 2 N–H and O–H groups in total. The third kappa shape index (κ3) is 3.64. The van der Waals surface area contributed by atoms with Gasteiger partial charge in [0, 0.05) is 23.5 Å². The van der Waals surface area contributed by atoms with Crippen molar-refractivity contribution in [3.8, 4) is 5.75 Å². The Morgan fingerprint density at radius 2 is 2.04 bits per heavy atom. The summed E-state index contributed by atoms with van der Waals surface area (Å²) in [7, 11) is 0. The predicted octanol–water partition coefficient (Wildman–Crippen LogP) is 3.84. The van der Waals surface area contributed by atoms with Crippen LogP contribution in [0.25, 0.3) is 0 Å². The van der Waals surface area contributed by atoms with Crippen LogP contribution in [0.3, 0.4) is 0 Å². The molecule has 2 aromatic rings. The first kappa shape index (κ1) is 17.6. The van der Waals surface area contributed by atoms with Gasteiger partial charge in [0.05, 0.1) is 5.56 Å². The number of carbonyl (C=O) groups is 1. The van der Waals surface area contributed by atoms with Gasteiger partial charge in [0.25, 0.3) is 5.91 Å². The molecule has 136 valence electrons. The van der Waals surface area contributed by atoms with Crippen LogP contribution in [0.1, 0.15) is 28.8 Å². The number of fused-ring (bicyclic) bond motifs is 2. The highest BCUT2D eigenvalue weighted by molar-refractivity contribution is 9.10. The van der Waals surface area contributed by atoms with E-state index in [0.29, 0.717) is 23.1 Å². The Bertz CT molecular complexity index is 782. The second-order valence-corrected chi connectivity index (χ2v) is 8.26. The number of hydrogen-bond donors (Lipinski definition) is 1. The molecule has 2 unspecified atom stereocenters. The largest absolute Gasteiger partial charge is 0.474 e. The van der Waals surface area contributed by atoms with Crippen molar-refractivity contribution < 1.29 is 9.53 Å². The Labute approximate surface area is 162 Å². The van der Waals surface area contributed by atoms with Gasteiger partial charge >= 0.3 is 0 Å². The minimum Gasteiger partial charge on any atom is -0.474 e. The Morgan fingerprint density at radius 3 is 2.77 bits per heavy atom. The minimum atomic E-state index is -0.457. The van der Waals surface area contributed by atoms with Crippen LogP contribution < -0.4 is 10.5 Å². The molecule has 5 heteroatoms. The highest BCUT2D eigenvalue weighted by Crippen LogP contribution is 2.39. The van der Waals surface area contributed by atoms with Gasteiger partial charge in [-0.1, -0.05) is 46.3 Å². The van der Waals surface area contributed by atoms with Crippen molar-refractivity contribution in [2.45, 2.75) is 25.5 Å². The lowest BCUT2D eigenvalue weighted by atomic mass is 9.86. The molecule has 2 saturated heterocycles. The minimum absolute atomic E-state index is 0.0429. The molecule has 0 saturated carbocycles. The van der Waals surface area contributed by atoms with Crippen LogP contribution in [-0.2, 0) is 6.42 Å². The van der Waals surface area contributed by atoms with Crippen molar-refractivity contribution in [3.05, 3.63) is 64.1 Å². The summed E-state index contributed by atoms with van der Waals surface area (Å²) in [5.41, 5.74) is 7.37. The molecule has 1 amide bonds. The maximum absolute atomic E-state index is 11.8. The quantitative estimate of drug-likeness (QED) is 0.808. The summed E-state index contributed by atoms with van der Waals surface area (Å²) in [6, 6.07) is 16.2. The highest BCUT2D eigenvalue weighted by Gasteiger charge is 2.42. The lowest BCUT2D eigenvalue weighted by molar-refractivity contribution is -0.0162. The van der Waals surface area contributed by atoms with Gasteiger partial charge in [-0.05, 0) is 48.9 Å². The Morgan fingerprint density at radius 1 is 1.23 bits per heavy atom. The summed E-state index contributed by atoms with van der Waals surface area (Å²) in [6.07, 6.45) is 3.48. The maximum atomic E-state index is 11.8. The molecule has 2 fully saturated rings. The molecular formula is C21H23BrN2O2. The van der Waals surface area contributed by atoms with Crippen molar-refractivity contribution in [2.24, 2.45) is 17.6 Å². The number of amides is 1. The SMILES string of the molecule is NC(=O)c1cc(Br)ccc1O[C@H]1[C@@H]2CCN1CC(Cc1ccccc1)C2. The molecule has 2 aliphatic rings. The zero-order valence-electron chi connectivity index (χ0n) is 14.6. The average Bonchev–Trinajstić information content (AvgIpc) is 2.86. The number of piperidine rings is 1. The van der Waals surface area contributed by atoms with Crippen molar-refractivity contribution in [1.82, 2.24) is 4.90 Å². The number of nitrogens with two attached hydrogens (primary N) is 1. The summed E-state index contributed by atoms with van der Waals surface area (Å²) in [4.78, 5) is 14.2. The molecule has 0 aromatic heterocycles. The number of nitrogens with zero attached hydrogens (tertiary/aromatic N) is 1. The van der Waals surface area contributed by atoms with E-state index in [1.54, 1.807) is 6.07 Å². The standard InChI is InChI=1S/C21H23BrN2O2/c22-17-6-7-19(18(12-17)20(23)25)26-21-16-8-9-24(21)13-15(11-16)10-14-4-2-1-3-5-14/h1-7,12,15-16,21H,8-11,13H2,(H2,23,25)/t15?,16-,21+/m1/s1. The molecule has 2 aliphatic heterocycles. The van der Waals surface area contributed by atoms with Crippen LogP contribution in [0, 0.1) is 11.8 Å². The smallest absolute Gasteiger partial charge is 0.252 e. The van der Waals surface area contributed by atoms with E-state index in [1.165, 1.54) is 12.0 Å². The van der Waals surface area contributed by atoms with Crippen LogP contribution >= 0.6 is 15.9 Å². The highest BCUT2D eigenvalue weighted by atomic mass is 79.9. The van der Waals surface area contributed by atoms with E-state index in [9.17, 15) is 4.79 Å². The first-order valence-corrected chi connectivity index (χ1v) is 9.93. The Hall–Kier alpha value is -1.85. The topological polar surface area (TPSA) is 55.6 Å². The first-order chi connectivity index (χ1) is 12.6. The zero-order valence-corrected chi connectivity index (χ0v) is 16.2. The van der Waals surface area contributed by atoms with Gasteiger partial charge in [0.2, 0.25) is 0 Å². The molecule has 4 nitrogen and oxygen atoms in total. The van der Waals surface area contributed by atoms with Gasteiger partial charge in [-0.15, -0.1) is 0 Å². The number of hydrogen-bond acceptors (Lipinski definition) is 3. The number of rotatable bonds is 5. The van der Waals surface area contributed by atoms with E-state index in [-0.39, 0.29) is 6.23 Å². The van der Waals surface area contributed by atoms with Crippen LogP contribution in [-0.4, -0.2) is 30.1 Å². The summed E-state index contributed by atoms with van der Waals surface area (Å²) in [5.74, 6) is 1.29. The predicted molar refractivity (Wildman–Crippen MR) is 105 cm³/mol. The van der Waals surface area contributed by atoms with Gasteiger partial charge in [0.1, 0.15) is 5.75 Å². The molecule has 2 heterocycles.